The van der Waals surface area contributed by atoms with Gasteiger partial charge in [0.25, 0.3) is 0 Å². The lowest BCUT2D eigenvalue weighted by atomic mass is 9.75. The van der Waals surface area contributed by atoms with Crippen molar-refractivity contribution in [2.24, 2.45) is 11.1 Å². The van der Waals surface area contributed by atoms with Gasteiger partial charge in [-0.3, -0.25) is 0 Å². The van der Waals surface area contributed by atoms with Gasteiger partial charge in [0.15, 0.2) is 0 Å². The predicted molar refractivity (Wildman–Crippen MR) is 199 cm³/mol. The Morgan fingerprint density at radius 2 is 0.488 bits per heavy atom. The van der Waals surface area contributed by atoms with Crippen molar-refractivity contribution in [3.05, 3.63) is 0 Å². The maximum Gasteiger partial charge on any atom is 0.0159 e. The van der Waals surface area contributed by atoms with E-state index in [0.717, 1.165) is 0 Å². The normalized spacial score (nSPS) is 12.4. The van der Waals surface area contributed by atoms with Gasteiger partial charge < -0.3 is 5.73 Å². The molecule has 0 atom stereocenters. The Labute approximate surface area is 275 Å². The molecule has 0 unspecified atom stereocenters. The van der Waals surface area contributed by atoms with Gasteiger partial charge in [-0.2, -0.15) is 0 Å². The molecule has 0 aromatic heterocycles. The monoisotopic (exact) mass is 606 g/mol. The Morgan fingerprint density at radius 3 is 0.674 bits per heavy atom. The molecule has 0 aliphatic carbocycles. The highest BCUT2D eigenvalue weighted by molar-refractivity contribution is 4.88. The zero-order valence-electron chi connectivity index (χ0n) is 31.3. The van der Waals surface area contributed by atoms with Crippen molar-refractivity contribution < 1.29 is 0 Å². The Balaban J connectivity index is 3.71. The average molecular weight is 606 g/mol. The molecule has 0 aromatic rings. The first-order chi connectivity index (χ1) is 20.8. The van der Waals surface area contributed by atoms with Crippen LogP contribution in [0.1, 0.15) is 259 Å². The van der Waals surface area contributed by atoms with E-state index in [9.17, 15) is 0 Å². The molecule has 0 saturated heterocycles. The van der Waals surface area contributed by atoms with E-state index in [2.05, 4.69) is 34.6 Å². The van der Waals surface area contributed by atoms with Crippen LogP contribution in [0.4, 0.5) is 0 Å². The molecule has 0 amide bonds. The predicted octanol–water partition coefficient (Wildman–Crippen LogP) is 15.4. The molecule has 0 aliphatic rings. The Morgan fingerprint density at radius 1 is 0.302 bits per heavy atom. The largest absolute Gasteiger partial charge is 0.325 e. The molecule has 0 aliphatic heterocycles. The fraction of sp³-hybridized carbons (Fsp3) is 1.00. The van der Waals surface area contributed by atoms with Crippen molar-refractivity contribution in [3.63, 3.8) is 0 Å². The molecular formula is C42H87N. The highest BCUT2D eigenvalue weighted by Gasteiger charge is 2.29. The third kappa shape index (κ3) is 34.7. The minimum Gasteiger partial charge on any atom is -0.325 e. The van der Waals surface area contributed by atoms with Crippen LogP contribution in [-0.4, -0.2) is 5.54 Å². The van der Waals surface area contributed by atoms with Gasteiger partial charge in [0.05, 0.1) is 0 Å². The molecule has 0 fully saturated rings. The fourth-order valence-electron chi connectivity index (χ4n) is 7.41. The molecule has 0 bridgehead atoms. The minimum absolute atomic E-state index is 0.0598. The van der Waals surface area contributed by atoms with Gasteiger partial charge in [-0.1, -0.05) is 240 Å². The average Bonchev–Trinajstić information content (AvgIpc) is 2.96. The Bertz CT molecular complexity index is 481. The molecule has 2 N–H and O–H groups in total. The fourth-order valence-corrected chi connectivity index (χ4v) is 7.41. The standard InChI is InChI=1S/C42H87N/c1-6-8-10-12-14-16-18-20-22-24-26-28-30-32-34-36-38-42(43,40-41(3,4)5)39-37-35-33-31-29-27-25-23-21-19-17-15-13-11-9-7-2/h6-40,43H2,1-5H3. The van der Waals surface area contributed by atoms with Gasteiger partial charge >= 0.3 is 0 Å². The van der Waals surface area contributed by atoms with E-state index in [0.29, 0.717) is 5.41 Å². The molecule has 43 heavy (non-hydrogen) atoms. The van der Waals surface area contributed by atoms with Crippen LogP contribution in [0.2, 0.25) is 0 Å². The van der Waals surface area contributed by atoms with E-state index in [-0.39, 0.29) is 5.54 Å². The van der Waals surface area contributed by atoms with Gasteiger partial charge in [-0.25, -0.2) is 0 Å². The smallest absolute Gasteiger partial charge is 0.0159 e. The van der Waals surface area contributed by atoms with E-state index >= 15 is 0 Å². The van der Waals surface area contributed by atoms with Crippen LogP contribution >= 0.6 is 0 Å². The topological polar surface area (TPSA) is 26.0 Å². The minimum atomic E-state index is 0.0598. The van der Waals surface area contributed by atoms with Crippen LogP contribution in [0.5, 0.6) is 0 Å². The molecule has 0 heterocycles. The molecule has 260 valence electrons. The summed E-state index contributed by atoms with van der Waals surface area (Å²) >= 11 is 0. The summed E-state index contributed by atoms with van der Waals surface area (Å²) in [5.41, 5.74) is 7.50. The highest BCUT2D eigenvalue weighted by Crippen LogP contribution is 2.33. The van der Waals surface area contributed by atoms with Crippen molar-refractivity contribution >= 4 is 0 Å². The number of hydrogen-bond acceptors (Lipinski definition) is 1. The zero-order valence-corrected chi connectivity index (χ0v) is 31.3. The van der Waals surface area contributed by atoms with Crippen LogP contribution in [0, 0.1) is 5.41 Å². The van der Waals surface area contributed by atoms with Crippen LogP contribution in [0.25, 0.3) is 0 Å². The summed E-state index contributed by atoms with van der Waals surface area (Å²) in [7, 11) is 0. The number of unbranched alkanes of at least 4 members (excludes halogenated alkanes) is 30. The van der Waals surface area contributed by atoms with Crippen molar-refractivity contribution in [1.82, 2.24) is 0 Å². The van der Waals surface area contributed by atoms with Gasteiger partial charge in [0.2, 0.25) is 0 Å². The molecule has 0 spiro atoms. The third-order valence-electron chi connectivity index (χ3n) is 9.94. The Hall–Kier alpha value is -0.0400. The summed E-state index contributed by atoms with van der Waals surface area (Å²) in [6.45, 7) is 11.8. The van der Waals surface area contributed by atoms with Crippen LogP contribution in [-0.2, 0) is 0 Å². The number of hydrogen-bond donors (Lipinski definition) is 1. The van der Waals surface area contributed by atoms with Gasteiger partial charge in [0.1, 0.15) is 0 Å². The molecule has 1 heteroatoms. The summed E-state index contributed by atoms with van der Waals surface area (Å²) < 4.78 is 0. The molecule has 0 aromatic carbocycles. The SMILES string of the molecule is CCCCCCCCCCCCCCCCCCC(N)(CCCCCCCCCCCCCCCCCC)CC(C)(C)C. The van der Waals surface area contributed by atoms with Crippen molar-refractivity contribution in [2.75, 3.05) is 0 Å². The van der Waals surface area contributed by atoms with E-state index in [1.54, 1.807) is 0 Å². The molecule has 0 radical (unpaired) electrons. The van der Waals surface area contributed by atoms with Crippen molar-refractivity contribution in [1.29, 1.82) is 0 Å². The van der Waals surface area contributed by atoms with E-state index in [1.165, 1.54) is 225 Å². The van der Waals surface area contributed by atoms with Crippen molar-refractivity contribution in [3.8, 4) is 0 Å². The molecule has 1 nitrogen and oxygen atoms in total. The maximum atomic E-state index is 7.11. The van der Waals surface area contributed by atoms with Crippen LogP contribution < -0.4 is 5.73 Å². The number of nitrogens with two attached hydrogens (primary N) is 1. The highest BCUT2D eigenvalue weighted by atomic mass is 14.7. The lowest BCUT2D eigenvalue weighted by Crippen LogP contribution is -2.43. The maximum absolute atomic E-state index is 7.11. The Kier molecular flexibility index (Phi) is 31.9. The quantitative estimate of drug-likeness (QED) is 0.0714. The summed E-state index contributed by atoms with van der Waals surface area (Å²) in [5.74, 6) is 0. The third-order valence-corrected chi connectivity index (χ3v) is 9.94. The first-order valence-electron chi connectivity index (χ1n) is 20.6. The van der Waals surface area contributed by atoms with Gasteiger partial charge in [-0.15, -0.1) is 0 Å². The lowest BCUT2D eigenvalue weighted by molar-refractivity contribution is 0.218. The van der Waals surface area contributed by atoms with Gasteiger partial charge in [-0.05, 0) is 24.7 Å². The van der Waals surface area contributed by atoms with E-state index < -0.39 is 0 Å². The first kappa shape index (κ1) is 43.0. The van der Waals surface area contributed by atoms with Crippen molar-refractivity contribution in [2.45, 2.75) is 265 Å². The second kappa shape index (κ2) is 31.9. The summed E-state index contributed by atoms with van der Waals surface area (Å²) in [6, 6.07) is 0. The summed E-state index contributed by atoms with van der Waals surface area (Å²) in [5, 5.41) is 0. The molecular weight excluding hydrogens is 518 g/mol. The second-order valence-corrected chi connectivity index (χ2v) is 16.2. The molecule has 0 rings (SSSR count). The summed E-state index contributed by atoms with van der Waals surface area (Å²) in [4.78, 5) is 0. The van der Waals surface area contributed by atoms with Crippen LogP contribution in [0.3, 0.4) is 0 Å². The lowest BCUT2D eigenvalue weighted by Gasteiger charge is -2.36. The zero-order chi connectivity index (χ0) is 31.7. The van der Waals surface area contributed by atoms with Crippen LogP contribution in [0.15, 0.2) is 0 Å². The van der Waals surface area contributed by atoms with E-state index in [4.69, 9.17) is 5.73 Å². The van der Waals surface area contributed by atoms with E-state index in [1.807, 2.05) is 0 Å². The van der Waals surface area contributed by atoms with Gasteiger partial charge in [0, 0.05) is 5.54 Å². The molecule has 0 saturated carbocycles. The second-order valence-electron chi connectivity index (χ2n) is 16.2. The summed E-state index contributed by atoms with van der Waals surface area (Å²) in [6.07, 6.45) is 49.7. The first-order valence-corrected chi connectivity index (χ1v) is 20.6. The number of rotatable bonds is 35.